The zero-order valence-electron chi connectivity index (χ0n) is 11.3. The zero-order valence-corrected chi connectivity index (χ0v) is 11.3. The van der Waals surface area contributed by atoms with Crippen molar-refractivity contribution in [1.82, 2.24) is 9.78 Å². The van der Waals surface area contributed by atoms with E-state index in [4.69, 9.17) is 5.73 Å². The fourth-order valence-electron chi connectivity index (χ4n) is 1.87. The van der Waals surface area contributed by atoms with Gasteiger partial charge in [0, 0.05) is 30.6 Å². The van der Waals surface area contributed by atoms with Crippen molar-refractivity contribution in [1.29, 1.82) is 0 Å². The number of ether oxygens (including phenoxy) is 1. The van der Waals surface area contributed by atoms with Gasteiger partial charge in [-0.25, -0.2) is 0 Å². The van der Waals surface area contributed by atoms with Gasteiger partial charge >= 0.3 is 6.18 Å². The number of aromatic nitrogens is 2. The van der Waals surface area contributed by atoms with Crippen LogP contribution in [0.3, 0.4) is 0 Å². The predicted octanol–water partition coefficient (Wildman–Crippen LogP) is 3.10. The van der Waals surface area contributed by atoms with E-state index in [0.717, 1.165) is 11.1 Å². The van der Waals surface area contributed by atoms with Crippen molar-refractivity contribution in [2.45, 2.75) is 19.1 Å². The van der Waals surface area contributed by atoms with Crippen molar-refractivity contribution in [3.63, 3.8) is 0 Å². The monoisotopic (exact) mass is 299 g/mol. The van der Waals surface area contributed by atoms with E-state index in [-0.39, 0.29) is 6.61 Å². The summed E-state index contributed by atoms with van der Waals surface area (Å²) >= 11 is 0. The first kappa shape index (κ1) is 15.4. The van der Waals surface area contributed by atoms with E-state index >= 15 is 0 Å². The van der Waals surface area contributed by atoms with Crippen LogP contribution < -0.4 is 5.73 Å². The van der Waals surface area contributed by atoms with Crippen molar-refractivity contribution in [2.75, 3.05) is 18.9 Å². The smallest absolute Gasteiger partial charge is 0.399 e. The molecule has 0 aliphatic heterocycles. The largest absolute Gasteiger partial charge is 0.411 e. The summed E-state index contributed by atoms with van der Waals surface area (Å²) in [7, 11) is 0. The van der Waals surface area contributed by atoms with Crippen molar-refractivity contribution < 1.29 is 17.9 Å². The Bertz CT molecular complexity index is 581. The molecule has 1 aromatic heterocycles. The van der Waals surface area contributed by atoms with E-state index in [9.17, 15) is 13.2 Å². The molecule has 0 unspecified atom stereocenters. The highest BCUT2D eigenvalue weighted by atomic mass is 19.4. The molecule has 0 atom stereocenters. The Morgan fingerprint density at radius 2 is 2.05 bits per heavy atom. The molecule has 0 amide bonds. The molecule has 2 N–H and O–H groups in total. The van der Waals surface area contributed by atoms with Crippen LogP contribution >= 0.6 is 0 Å². The first-order valence-electron chi connectivity index (χ1n) is 6.47. The van der Waals surface area contributed by atoms with Crippen LogP contribution in [0.15, 0.2) is 36.7 Å². The molecule has 0 saturated carbocycles. The summed E-state index contributed by atoms with van der Waals surface area (Å²) in [5.74, 6) is 0. The minimum atomic E-state index is -4.27. The molecule has 0 bridgehead atoms. The van der Waals surface area contributed by atoms with Crippen molar-refractivity contribution in [3.05, 3.63) is 36.7 Å². The fourth-order valence-corrected chi connectivity index (χ4v) is 1.87. The minimum absolute atomic E-state index is 0.0486. The van der Waals surface area contributed by atoms with E-state index in [1.165, 1.54) is 0 Å². The normalized spacial score (nSPS) is 11.8. The highest BCUT2D eigenvalue weighted by molar-refractivity contribution is 5.65. The molecule has 2 rings (SSSR count). The highest BCUT2D eigenvalue weighted by Crippen LogP contribution is 2.20. The second-order valence-corrected chi connectivity index (χ2v) is 4.64. The summed E-state index contributed by atoms with van der Waals surface area (Å²) in [6.45, 7) is -0.659. The van der Waals surface area contributed by atoms with Gasteiger partial charge in [0.05, 0.1) is 6.20 Å². The summed E-state index contributed by atoms with van der Waals surface area (Å²) in [5, 5.41) is 4.17. The summed E-state index contributed by atoms with van der Waals surface area (Å²) in [6.07, 6.45) is -0.274. The Morgan fingerprint density at radius 1 is 1.24 bits per heavy atom. The van der Waals surface area contributed by atoms with E-state index in [0.29, 0.717) is 18.7 Å². The third kappa shape index (κ3) is 5.11. The number of alkyl halides is 3. The molecule has 2 aromatic rings. The molecule has 114 valence electrons. The number of nitrogens with zero attached hydrogens (tertiary/aromatic N) is 2. The molecule has 21 heavy (non-hydrogen) atoms. The van der Waals surface area contributed by atoms with Crippen LogP contribution in [0.5, 0.6) is 0 Å². The Kier molecular flexibility index (Phi) is 4.85. The molecule has 0 aliphatic rings. The molecule has 1 aromatic carbocycles. The first-order chi connectivity index (χ1) is 9.94. The molecule has 0 fully saturated rings. The van der Waals surface area contributed by atoms with Crippen molar-refractivity contribution >= 4 is 5.69 Å². The number of hydrogen-bond donors (Lipinski definition) is 1. The number of anilines is 1. The maximum absolute atomic E-state index is 11.9. The van der Waals surface area contributed by atoms with Crippen molar-refractivity contribution in [3.8, 4) is 11.1 Å². The Morgan fingerprint density at radius 3 is 2.76 bits per heavy atom. The van der Waals surface area contributed by atoms with Gasteiger partial charge in [-0.05, 0) is 24.1 Å². The maximum atomic E-state index is 11.9. The Balaban J connectivity index is 1.81. The molecule has 0 radical (unpaired) electrons. The van der Waals surface area contributed by atoms with Gasteiger partial charge in [-0.2, -0.15) is 18.3 Å². The highest BCUT2D eigenvalue weighted by Gasteiger charge is 2.27. The fraction of sp³-hybridized carbons (Fsp3) is 0.357. The molecule has 0 spiro atoms. The van der Waals surface area contributed by atoms with Gasteiger partial charge in [0.1, 0.15) is 6.61 Å². The number of nitrogens with two attached hydrogens (primary N) is 1. The molecular weight excluding hydrogens is 283 g/mol. The number of benzene rings is 1. The van der Waals surface area contributed by atoms with Crippen LogP contribution in [0.25, 0.3) is 11.1 Å². The molecular formula is C14H16F3N3O. The summed E-state index contributed by atoms with van der Waals surface area (Å²) in [5.41, 5.74) is 8.25. The summed E-state index contributed by atoms with van der Waals surface area (Å²) < 4.78 is 41.9. The lowest BCUT2D eigenvalue weighted by atomic mass is 10.1. The summed E-state index contributed by atoms with van der Waals surface area (Å²) in [4.78, 5) is 0. The van der Waals surface area contributed by atoms with E-state index in [1.54, 1.807) is 16.9 Å². The van der Waals surface area contributed by atoms with Gasteiger partial charge in [-0.3, -0.25) is 4.68 Å². The third-order valence-electron chi connectivity index (χ3n) is 2.79. The standard InChI is InChI=1S/C14H16F3N3O/c15-14(16,17)10-21-6-2-5-20-9-12(8-19-20)11-3-1-4-13(18)7-11/h1,3-4,7-9H,2,5-6,10,18H2. The van der Waals surface area contributed by atoms with Gasteiger partial charge < -0.3 is 10.5 Å². The second kappa shape index (κ2) is 6.62. The number of rotatable bonds is 6. The maximum Gasteiger partial charge on any atom is 0.411 e. The second-order valence-electron chi connectivity index (χ2n) is 4.64. The quantitative estimate of drug-likeness (QED) is 0.658. The van der Waals surface area contributed by atoms with Crippen LogP contribution in [-0.2, 0) is 11.3 Å². The molecule has 7 heteroatoms. The number of nitrogen functional groups attached to an aromatic ring is 1. The SMILES string of the molecule is Nc1cccc(-c2cnn(CCCOCC(F)(F)F)c2)c1. The number of aryl methyl sites for hydroxylation is 1. The van der Waals surface area contributed by atoms with Gasteiger partial charge in [0.2, 0.25) is 0 Å². The molecule has 0 saturated heterocycles. The van der Waals surface area contributed by atoms with E-state index in [1.807, 2.05) is 24.4 Å². The molecule has 4 nitrogen and oxygen atoms in total. The average Bonchev–Trinajstić information content (AvgIpc) is 2.86. The minimum Gasteiger partial charge on any atom is -0.399 e. The number of halogens is 3. The van der Waals surface area contributed by atoms with Crippen LogP contribution in [0.1, 0.15) is 6.42 Å². The van der Waals surface area contributed by atoms with Crippen molar-refractivity contribution in [2.24, 2.45) is 0 Å². The average molecular weight is 299 g/mol. The van der Waals surface area contributed by atoms with Crippen LogP contribution in [0, 0.1) is 0 Å². The topological polar surface area (TPSA) is 53.1 Å². The lowest BCUT2D eigenvalue weighted by Crippen LogP contribution is -2.17. The number of hydrogen-bond acceptors (Lipinski definition) is 3. The van der Waals surface area contributed by atoms with Crippen LogP contribution in [0.4, 0.5) is 18.9 Å². The van der Waals surface area contributed by atoms with Gasteiger partial charge in [-0.15, -0.1) is 0 Å². The first-order valence-corrected chi connectivity index (χ1v) is 6.47. The summed E-state index contributed by atoms with van der Waals surface area (Å²) in [6, 6.07) is 7.41. The lowest BCUT2D eigenvalue weighted by Gasteiger charge is -2.07. The lowest BCUT2D eigenvalue weighted by molar-refractivity contribution is -0.174. The van der Waals surface area contributed by atoms with Gasteiger partial charge in [0.15, 0.2) is 0 Å². The van der Waals surface area contributed by atoms with E-state index < -0.39 is 12.8 Å². The Labute approximate surface area is 120 Å². The molecule has 1 heterocycles. The predicted molar refractivity (Wildman–Crippen MR) is 73.6 cm³/mol. The van der Waals surface area contributed by atoms with Crippen LogP contribution in [-0.4, -0.2) is 29.2 Å². The Hall–Kier alpha value is -2.02. The molecule has 0 aliphatic carbocycles. The van der Waals surface area contributed by atoms with E-state index in [2.05, 4.69) is 9.84 Å². The van der Waals surface area contributed by atoms with Crippen LogP contribution in [0.2, 0.25) is 0 Å². The zero-order chi connectivity index (χ0) is 15.3. The third-order valence-corrected chi connectivity index (χ3v) is 2.79. The van der Waals surface area contributed by atoms with Gasteiger partial charge in [0.25, 0.3) is 0 Å². The van der Waals surface area contributed by atoms with Gasteiger partial charge in [-0.1, -0.05) is 12.1 Å².